The van der Waals surface area contributed by atoms with E-state index in [0.717, 1.165) is 0 Å². The van der Waals surface area contributed by atoms with Gasteiger partial charge in [-0.3, -0.25) is 5.41 Å². The third kappa shape index (κ3) is 2.19. The molecule has 0 spiro atoms. The van der Waals surface area contributed by atoms with Crippen LogP contribution in [0.4, 0.5) is 5.69 Å². The number of benzene rings is 1. The lowest BCUT2D eigenvalue weighted by Crippen LogP contribution is -2.35. The number of nitrogens with two attached hydrogens (primary N) is 2. The maximum Gasteiger partial charge on any atom is 0.101 e. The molecule has 0 aliphatic rings. The van der Waals surface area contributed by atoms with Gasteiger partial charge in [0.05, 0.1) is 0 Å². The molecule has 0 saturated carbocycles. The molecule has 0 radical (unpaired) electrons. The molecule has 1 aromatic rings. The van der Waals surface area contributed by atoms with E-state index in [1.54, 1.807) is 26.0 Å². The molecule has 0 aliphatic heterocycles. The number of nitrogens with one attached hydrogen (secondary N) is 1. The summed E-state index contributed by atoms with van der Waals surface area (Å²) >= 11 is 12.1. The molecule has 0 amide bonds. The van der Waals surface area contributed by atoms with Crippen molar-refractivity contribution in [2.75, 3.05) is 5.73 Å². The van der Waals surface area contributed by atoms with Crippen LogP contribution in [0.15, 0.2) is 12.1 Å². The Morgan fingerprint density at radius 1 is 1.27 bits per heavy atom. The SMILES string of the molecule is CC(C)(C(=N)N)c1c(Cl)cc(N)cc1Cl. The summed E-state index contributed by atoms with van der Waals surface area (Å²) in [6.45, 7) is 3.58. The monoisotopic (exact) mass is 245 g/mol. The summed E-state index contributed by atoms with van der Waals surface area (Å²) in [5.74, 6) is 0.0103. The fraction of sp³-hybridized carbons (Fsp3) is 0.300. The lowest BCUT2D eigenvalue weighted by molar-refractivity contribution is 0.705. The van der Waals surface area contributed by atoms with Crippen molar-refractivity contribution in [3.05, 3.63) is 27.7 Å². The highest BCUT2D eigenvalue weighted by molar-refractivity contribution is 6.37. The van der Waals surface area contributed by atoms with Crippen molar-refractivity contribution in [2.24, 2.45) is 5.73 Å². The number of anilines is 1. The van der Waals surface area contributed by atoms with Crippen LogP contribution in [0, 0.1) is 5.41 Å². The molecule has 3 nitrogen and oxygen atoms in total. The van der Waals surface area contributed by atoms with Gasteiger partial charge in [0.1, 0.15) is 5.84 Å². The number of amidine groups is 1. The van der Waals surface area contributed by atoms with Crippen molar-refractivity contribution >= 4 is 34.7 Å². The molecule has 0 saturated heterocycles. The van der Waals surface area contributed by atoms with Gasteiger partial charge >= 0.3 is 0 Å². The fourth-order valence-corrected chi connectivity index (χ4v) is 2.30. The summed E-state index contributed by atoms with van der Waals surface area (Å²) in [6.07, 6.45) is 0. The molecule has 0 unspecified atom stereocenters. The molecule has 82 valence electrons. The van der Waals surface area contributed by atoms with Crippen LogP contribution < -0.4 is 11.5 Å². The van der Waals surface area contributed by atoms with E-state index in [0.29, 0.717) is 21.3 Å². The Morgan fingerprint density at radius 3 is 2.00 bits per heavy atom. The minimum absolute atomic E-state index is 0.0103. The Kier molecular flexibility index (Phi) is 3.16. The number of halogens is 2. The van der Waals surface area contributed by atoms with E-state index < -0.39 is 5.41 Å². The molecular weight excluding hydrogens is 233 g/mol. The van der Waals surface area contributed by atoms with Crippen LogP contribution in [0.1, 0.15) is 19.4 Å². The van der Waals surface area contributed by atoms with Crippen molar-refractivity contribution < 1.29 is 0 Å². The summed E-state index contributed by atoms with van der Waals surface area (Å²) in [4.78, 5) is 0. The zero-order valence-electron chi connectivity index (χ0n) is 8.57. The highest BCUT2D eigenvalue weighted by Crippen LogP contribution is 2.37. The standard InChI is InChI=1S/C10H13Cl2N3/c1-10(2,9(14)15)8-6(11)3-5(13)4-7(8)12/h3-4H,13H2,1-2H3,(H3,14,15). The van der Waals surface area contributed by atoms with E-state index >= 15 is 0 Å². The first-order valence-electron chi connectivity index (χ1n) is 4.36. The Morgan fingerprint density at radius 2 is 1.67 bits per heavy atom. The largest absolute Gasteiger partial charge is 0.399 e. The highest BCUT2D eigenvalue weighted by atomic mass is 35.5. The van der Waals surface area contributed by atoms with Crippen molar-refractivity contribution in [2.45, 2.75) is 19.3 Å². The van der Waals surface area contributed by atoms with Gasteiger partial charge in [0, 0.05) is 26.7 Å². The van der Waals surface area contributed by atoms with Crippen LogP contribution in [-0.2, 0) is 5.41 Å². The molecule has 0 aliphatic carbocycles. The summed E-state index contributed by atoms with van der Waals surface area (Å²) in [5, 5.41) is 8.37. The second-order valence-corrected chi connectivity index (χ2v) is 4.71. The predicted octanol–water partition coefficient (Wildman–Crippen LogP) is 2.79. The van der Waals surface area contributed by atoms with Crippen molar-refractivity contribution in [1.82, 2.24) is 0 Å². The summed E-state index contributed by atoms with van der Waals surface area (Å²) in [7, 11) is 0. The summed E-state index contributed by atoms with van der Waals surface area (Å²) in [6, 6.07) is 3.21. The van der Waals surface area contributed by atoms with Crippen LogP contribution in [0.2, 0.25) is 10.0 Å². The lowest BCUT2D eigenvalue weighted by Gasteiger charge is -2.26. The molecule has 5 N–H and O–H groups in total. The smallest absolute Gasteiger partial charge is 0.101 e. The van der Waals surface area contributed by atoms with Gasteiger partial charge in [-0.2, -0.15) is 0 Å². The van der Waals surface area contributed by atoms with Gasteiger partial charge in [-0.15, -0.1) is 0 Å². The maximum absolute atomic E-state index is 7.51. The third-order valence-electron chi connectivity index (χ3n) is 2.36. The van der Waals surface area contributed by atoms with Gasteiger partial charge < -0.3 is 11.5 Å². The van der Waals surface area contributed by atoms with E-state index in [1.807, 2.05) is 0 Å². The lowest BCUT2D eigenvalue weighted by atomic mass is 9.83. The average molecular weight is 246 g/mol. The number of nitrogen functional groups attached to an aromatic ring is 1. The molecular formula is C10H13Cl2N3. The van der Waals surface area contributed by atoms with Gasteiger partial charge in [-0.1, -0.05) is 23.2 Å². The minimum Gasteiger partial charge on any atom is -0.399 e. The van der Waals surface area contributed by atoms with Crippen molar-refractivity contribution in [3.63, 3.8) is 0 Å². The first kappa shape index (κ1) is 12.1. The molecule has 0 aromatic heterocycles. The molecule has 0 fully saturated rings. The zero-order chi connectivity index (χ0) is 11.8. The van der Waals surface area contributed by atoms with Gasteiger partial charge in [0.25, 0.3) is 0 Å². The predicted molar refractivity (Wildman–Crippen MR) is 65.8 cm³/mol. The summed E-state index contributed by atoms with van der Waals surface area (Å²) in [5.41, 5.74) is 11.5. The van der Waals surface area contributed by atoms with E-state index in [1.165, 1.54) is 0 Å². The van der Waals surface area contributed by atoms with Crippen LogP contribution >= 0.6 is 23.2 Å². The van der Waals surface area contributed by atoms with Gasteiger partial charge in [0.15, 0.2) is 0 Å². The first-order valence-corrected chi connectivity index (χ1v) is 5.12. The Hall–Kier alpha value is -0.930. The van der Waals surface area contributed by atoms with Gasteiger partial charge in [-0.25, -0.2) is 0 Å². The molecule has 15 heavy (non-hydrogen) atoms. The first-order chi connectivity index (χ1) is 6.76. The zero-order valence-corrected chi connectivity index (χ0v) is 10.1. The maximum atomic E-state index is 7.51. The molecule has 5 heteroatoms. The van der Waals surface area contributed by atoms with E-state index in [-0.39, 0.29) is 5.84 Å². The number of rotatable bonds is 2. The average Bonchev–Trinajstić information content (AvgIpc) is 2.00. The van der Waals surface area contributed by atoms with Crippen LogP contribution in [-0.4, -0.2) is 5.84 Å². The topological polar surface area (TPSA) is 75.9 Å². The normalized spacial score (nSPS) is 11.5. The van der Waals surface area contributed by atoms with Gasteiger partial charge in [-0.05, 0) is 26.0 Å². The minimum atomic E-state index is -0.693. The highest BCUT2D eigenvalue weighted by Gasteiger charge is 2.29. The quantitative estimate of drug-likeness (QED) is 0.426. The van der Waals surface area contributed by atoms with Gasteiger partial charge in [0.2, 0.25) is 0 Å². The van der Waals surface area contributed by atoms with Crippen LogP contribution in [0.5, 0.6) is 0 Å². The third-order valence-corrected chi connectivity index (χ3v) is 2.96. The Bertz CT molecular complexity index is 390. The van der Waals surface area contributed by atoms with Crippen molar-refractivity contribution in [3.8, 4) is 0 Å². The van der Waals surface area contributed by atoms with Crippen LogP contribution in [0.3, 0.4) is 0 Å². The van der Waals surface area contributed by atoms with E-state index in [9.17, 15) is 0 Å². The molecule has 0 heterocycles. The summed E-state index contributed by atoms with van der Waals surface area (Å²) < 4.78 is 0. The van der Waals surface area contributed by atoms with E-state index in [4.69, 9.17) is 40.1 Å². The second-order valence-electron chi connectivity index (χ2n) is 3.90. The number of hydrogen-bond donors (Lipinski definition) is 3. The second kappa shape index (κ2) is 3.91. The molecule has 1 aromatic carbocycles. The number of hydrogen-bond acceptors (Lipinski definition) is 2. The molecule has 0 atom stereocenters. The Labute approximate surface area is 98.9 Å². The molecule has 1 rings (SSSR count). The van der Waals surface area contributed by atoms with Crippen molar-refractivity contribution in [1.29, 1.82) is 5.41 Å². The Balaban J connectivity index is 3.44. The molecule has 0 bridgehead atoms. The fourth-order valence-electron chi connectivity index (χ4n) is 1.32. The van der Waals surface area contributed by atoms with E-state index in [2.05, 4.69) is 0 Å². The van der Waals surface area contributed by atoms with Crippen LogP contribution in [0.25, 0.3) is 0 Å².